The van der Waals surface area contributed by atoms with Gasteiger partial charge in [0.05, 0.1) is 5.56 Å². The summed E-state index contributed by atoms with van der Waals surface area (Å²) < 4.78 is 30.9. The molecule has 1 heterocycles. The molecule has 128 valence electrons. The Morgan fingerprint density at radius 3 is 2.61 bits per heavy atom. The van der Waals surface area contributed by atoms with Gasteiger partial charge in [-0.15, -0.1) is 0 Å². The minimum absolute atomic E-state index is 0.220. The Morgan fingerprint density at radius 1 is 1.26 bits per heavy atom. The predicted octanol–water partition coefficient (Wildman–Crippen LogP) is 2.19. The molecule has 0 saturated heterocycles. The van der Waals surface area contributed by atoms with E-state index in [2.05, 4.69) is 10.0 Å². The fourth-order valence-corrected chi connectivity index (χ4v) is 4.33. The molecule has 1 aromatic heterocycles. The summed E-state index contributed by atoms with van der Waals surface area (Å²) in [4.78, 5) is 12.4. The topological polar surface area (TPSA) is 88.4 Å². The van der Waals surface area contributed by atoms with E-state index in [0.29, 0.717) is 17.2 Å². The summed E-state index contributed by atoms with van der Waals surface area (Å²) in [7, 11) is -2.36. The van der Waals surface area contributed by atoms with Crippen LogP contribution in [0.3, 0.4) is 0 Å². The van der Waals surface area contributed by atoms with E-state index < -0.39 is 10.0 Å². The first kappa shape index (κ1) is 16.5. The van der Waals surface area contributed by atoms with Crippen LogP contribution in [0.2, 0.25) is 0 Å². The Labute approximate surface area is 137 Å². The fourth-order valence-electron chi connectivity index (χ4n) is 3.62. The monoisotopic (exact) mass is 340 g/mol. The van der Waals surface area contributed by atoms with E-state index in [4.69, 9.17) is 4.42 Å². The summed E-state index contributed by atoms with van der Waals surface area (Å²) in [5.41, 5.74) is 0.299. The largest absolute Gasteiger partial charge is 0.448 e. The van der Waals surface area contributed by atoms with Crippen molar-refractivity contribution >= 4 is 15.9 Å². The number of rotatable bonds is 5. The Balaban J connectivity index is 1.63. The summed E-state index contributed by atoms with van der Waals surface area (Å²) in [6, 6.07) is 1.53. The van der Waals surface area contributed by atoms with E-state index in [0.717, 1.165) is 12.3 Å². The molecule has 0 bridgehead atoms. The molecule has 2 saturated carbocycles. The van der Waals surface area contributed by atoms with E-state index >= 15 is 0 Å². The van der Waals surface area contributed by atoms with Gasteiger partial charge in [0.2, 0.25) is 5.09 Å². The van der Waals surface area contributed by atoms with Crippen molar-refractivity contribution in [2.45, 2.75) is 56.6 Å². The lowest BCUT2D eigenvalue weighted by molar-refractivity contribution is 0.0945. The molecule has 1 amide bonds. The van der Waals surface area contributed by atoms with Gasteiger partial charge in [0.15, 0.2) is 0 Å². The number of carbonyl (C=O) groups excluding carboxylic acids is 1. The molecular weight excluding hydrogens is 316 g/mol. The summed E-state index contributed by atoms with van der Waals surface area (Å²) >= 11 is 0. The molecule has 3 rings (SSSR count). The van der Waals surface area contributed by atoms with Gasteiger partial charge in [0.25, 0.3) is 15.9 Å². The number of hydrogen-bond acceptors (Lipinski definition) is 4. The van der Waals surface area contributed by atoms with Crippen molar-refractivity contribution in [3.8, 4) is 0 Å². The zero-order valence-corrected chi connectivity index (χ0v) is 14.4. The summed E-state index contributed by atoms with van der Waals surface area (Å²) in [6.45, 7) is 1.61. The lowest BCUT2D eigenvalue weighted by Gasteiger charge is -2.21. The third-order valence-corrected chi connectivity index (χ3v) is 6.35. The molecule has 6 nitrogen and oxygen atoms in total. The summed E-state index contributed by atoms with van der Waals surface area (Å²) in [5, 5.41) is 2.81. The fraction of sp³-hybridized carbons (Fsp3) is 0.688. The molecule has 2 aliphatic rings. The van der Waals surface area contributed by atoms with Gasteiger partial charge in [-0.3, -0.25) is 4.79 Å². The van der Waals surface area contributed by atoms with Crippen LogP contribution < -0.4 is 10.0 Å². The molecule has 7 heteroatoms. The van der Waals surface area contributed by atoms with Crippen molar-refractivity contribution in [2.75, 3.05) is 7.05 Å². The maximum absolute atomic E-state index is 12.4. The molecule has 23 heavy (non-hydrogen) atoms. The van der Waals surface area contributed by atoms with Gasteiger partial charge in [-0.05, 0) is 32.2 Å². The summed E-state index contributed by atoms with van der Waals surface area (Å²) in [6.07, 6.45) is 7.51. The van der Waals surface area contributed by atoms with Crippen molar-refractivity contribution in [2.24, 2.45) is 11.8 Å². The third kappa shape index (κ3) is 3.45. The molecule has 0 spiro atoms. The Hall–Kier alpha value is -1.34. The molecule has 0 aliphatic heterocycles. The van der Waals surface area contributed by atoms with E-state index in [1.54, 1.807) is 6.92 Å². The predicted molar refractivity (Wildman–Crippen MR) is 85.6 cm³/mol. The van der Waals surface area contributed by atoms with Crippen molar-refractivity contribution in [1.29, 1.82) is 0 Å². The van der Waals surface area contributed by atoms with Crippen LogP contribution >= 0.6 is 0 Å². The minimum atomic E-state index is -3.67. The van der Waals surface area contributed by atoms with Gasteiger partial charge in [-0.2, -0.15) is 0 Å². The Morgan fingerprint density at radius 2 is 1.96 bits per heavy atom. The molecule has 2 fully saturated rings. The van der Waals surface area contributed by atoms with Crippen LogP contribution in [0.4, 0.5) is 0 Å². The van der Waals surface area contributed by atoms with E-state index in [1.165, 1.54) is 45.2 Å². The van der Waals surface area contributed by atoms with Gasteiger partial charge in [-0.25, -0.2) is 13.1 Å². The Bertz CT molecular complexity index is 689. The van der Waals surface area contributed by atoms with E-state index in [-0.39, 0.29) is 17.0 Å². The molecule has 2 aliphatic carbocycles. The zero-order valence-electron chi connectivity index (χ0n) is 13.6. The molecule has 0 unspecified atom stereocenters. The van der Waals surface area contributed by atoms with Crippen LogP contribution in [0.25, 0.3) is 0 Å². The van der Waals surface area contributed by atoms with Crippen molar-refractivity contribution < 1.29 is 17.6 Å². The third-order valence-electron chi connectivity index (χ3n) is 5.08. The van der Waals surface area contributed by atoms with E-state index in [9.17, 15) is 13.2 Å². The quantitative estimate of drug-likeness (QED) is 0.860. The highest BCUT2D eigenvalue weighted by molar-refractivity contribution is 7.89. The molecular formula is C16H24N2O4S. The maximum atomic E-state index is 12.4. The van der Waals surface area contributed by atoms with Crippen LogP contribution in [0.5, 0.6) is 0 Å². The van der Waals surface area contributed by atoms with Gasteiger partial charge in [0, 0.05) is 12.1 Å². The SMILES string of the molecule is CNS(=O)(=O)c1cc(C(=O)N[C@@H]2C[C@H]2C2CCCCC2)c(C)o1. The number of sulfonamides is 1. The zero-order chi connectivity index (χ0) is 16.6. The molecule has 0 radical (unpaired) electrons. The second-order valence-corrected chi connectivity index (χ2v) is 8.44. The first-order valence-corrected chi connectivity index (χ1v) is 9.75. The van der Waals surface area contributed by atoms with Crippen LogP contribution in [0, 0.1) is 18.8 Å². The van der Waals surface area contributed by atoms with Gasteiger partial charge in [0.1, 0.15) is 5.76 Å². The summed E-state index contributed by atoms with van der Waals surface area (Å²) in [5.74, 6) is 1.41. The lowest BCUT2D eigenvalue weighted by Crippen LogP contribution is -2.28. The first-order chi connectivity index (χ1) is 10.9. The second-order valence-electron chi connectivity index (χ2n) is 6.62. The van der Waals surface area contributed by atoms with Gasteiger partial charge in [-0.1, -0.05) is 32.1 Å². The molecule has 0 aromatic carbocycles. The molecule has 2 atom stereocenters. The first-order valence-electron chi connectivity index (χ1n) is 8.27. The second kappa shape index (κ2) is 6.28. The van der Waals surface area contributed by atoms with E-state index in [1.807, 2.05) is 0 Å². The normalized spacial score (nSPS) is 25.3. The molecule has 2 N–H and O–H groups in total. The van der Waals surface area contributed by atoms with Crippen LogP contribution in [-0.2, 0) is 10.0 Å². The number of nitrogens with one attached hydrogen (secondary N) is 2. The smallest absolute Gasteiger partial charge is 0.273 e. The van der Waals surface area contributed by atoms with Gasteiger partial charge < -0.3 is 9.73 Å². The highest BCUT2D eigenvalue weighted by Gasteiger charge is 2.44. The standard InChI is InChI=1S/C16H24N2O4S/c1-10-12(9-15(22-10)23(20,21)17-2)16(19)18-14-8-13(14)11-6-4-3-5-7-11/h9,11,13-14,17H,3-8H2,1-2H3,(H,18,19)/t13-,14+/m0/s1. The average Bonchev–Trinajstić information content (AvgIpc) is 3.19. The highest BCUT2D eigenvalue weighted by Crippen LogP contribution is 2.44. The lowest BCUT2D eigenvalue weighted by atomic mass is 9.85. The van der Waals surface area contributed by atoms with Crippen molar-refractivity contribution in [1.82, 2.24) is 10.0 Å². The van der Waals surface area contributed by atoms with Crippen LogP contribution in [0.1, 0.15) is 54.6 Å². The average molecular weight is 340 g/mol. The van der Waals surface area contributed by atoms with Crippen LogP contribution in [0.15, 0.2) is 15.6 Å². The Kier molecular flexibility index (Phi) is 4.51. The number of hydrogen-bond donors (Lipinski definition) is 2. The number of furan rings is 1. The van der Waals surface area contributed by atoms with Gasteiger partial charge >= 0.3 is 0 Å². The maximum Gasteiger partial charge on any atom is 0.273 e. The number of amides is 1. The van der Waals surface area contributed by atoms with Crippen LogP contribution in [-0.4, -0.2) is 27.4 Å². The van der Waals surface area contributed by atoms with Crippen molar-refractivity contribution in [3.63, 3.8) is 0 Å². The molecule has 1 aromatic rings. The minimum Gasteiger partial charge on any atom is -0.448 e. The number of aryl methyl sites for hydroxylation is 1. The number of carbonyl (C=O) groups is 1. The van der Waals surface area contributed by atoms with Crippen molar-refractivity contribution in [3.05, 3.63) is 17.4 Å². The highest BCUT2D eigenvalue weighted by atomic mass is 32.2.